The van der Waals surface area contributed by atoms with Gasteiger partial charge in [-0.2, -0.15) is 13.2 Å². The van der Waals surface area contributed by atoms with E-state index in [1.807, 2.05) is 0 Å². The van der Waals surface area contributed by atoms with Crippen LogP contribution in [0.1, 0.15) is 18.1 Å². The fraction of sp³-hybridized carbons (Fsp3) is 0.286. The molecule has 0 aromatic carbocycles. The van der Waals surface area contributed by atoms with Crippen molar-refractivity contribution in [2.45, 2.75) is 13.0 Å². The van der Waals surface area contributed by atoms with E-state index < -0.39 is 41.0 Å². The Balaban J connectivity index is 3.71. The molecule has 5 heteroatoms. The molecule has 0 spiro atoms. The number of aromatic nitrogens is 1. The topological polar surface area (TPSA) is 12.9 Å². The highest BCUT2D eigenvalue weighted by molar-refractivity contribution is 9.10. The smallest absolute Gasteiger partial charge is 0.236 e. The van der Waals surface area contributed by atoms with E-state index in [-0.39, 0.29) is 0 Å². The maximum absolute atomic E-state index is 12.6. The second kappa shape index (κ2) is 3.05. The van der Waals surface area contributed by atoms with Crippen LogP contribution in [0.15, 0.2) is 16.7 Å². The normalized spacial score (nSPS) is 18.8. The third-order valence-corrected chi connectivity index (χ3v) is 1.38. The van der Waals surface area contributed by atoms with Gasteiger partial charge in [-0.3, -0.25) is 0 Å². The first-order valence-corrected chi connectivity index (χ1v) is 3.50. The Morgan fingerprint density at radius 1 is 1.58 bits per heavy atom. The number of pyridine rings is 1. The summed E-state index contributed by atoms with van der Waals surface area (Å²) in [4.78, 5) is 3.00. The lowest BCUT2D eigenvalue weighted by atomic mass is 10.2. The molecule has 0 aliphatic carbocycles. The van der Waals surface area contributed by atoms with Crippen molar-refractivity contribution in [3.8, 4) is 0 Å². The molecule has 1 rings (SSSR count). The molecule has 0 aliphatic rings. The van der Waals surface area contributed by atoms with E-state index >= 15 is 0 Å². The first-order chi connectivity index (χ1) is 7.46. The summed E-state index contributed by atoms with van der Waals surface area (Å²) in [7, 11) is 0. The molecular formula is C7H5BrF3N. The SMILES string of the molecule is [2H]c1c(Br)nc(C(F)(F)F)c(C([2H])([2H])[2H])c1[2H]. The predicted molar refractivity (Wildman–Crippen MR) is 41.7 cm³/mol. The van der Waals surface area contributed by atoms with Gasteiger partial charge in [-0.05, 0) is 34.4 Å². The maximum atomic E-state index is 12.6. The van der Waals surface area contributed by atoms with E-state index in [1.165, 1.54) is 0 Å². The number of hydrogen-bond acceptors (Lipinski definition) is 1. The Kier molecular flexibility index (Phi) is 1.17. The molecule has 1 nitrogen and oxygen atoms in total. The van der Waals surface area contributed by atoms with Crippen LogP contribution in [0.4, 0.5) is 13.2 Å². The first kappa shape index (κ1) is 4.60. The summed E-state index contributed by atoms with van der Waals surface area (Å²) in [6, 6.07) is -1.69. The molecule has 1 aromatic heterocycles. The van der Waals surface area contributed by atoms with Crippen LogP contribution >= 0.6 is 15.9 Å². The molecule has 1 aromatic rings. The Labute approximate surface area is 82.8 Å². The van der Waals surface area contributed by atoms with Crippen LogP contribution in [-0.2, 0) is 6.18 Å². The van der Waals surface area contributed by atoms with Crippen LogP contribution in [0, 0.1) is 6.85 Å². The van der Waals surface area contributed by atoms with Crippen molar-refractivity contribution in [2.75, 3.05) is 0 Å². The molecule has 0 amide bonds. The van der Waals surface area contributed by atoms with Crippen molar-refractivity contribution in [1.29, 1.82) is 0 Å². The number of hydrogen-bond donors (Lipinski definition) is 0. The second-order valence-electron chi connectivity index (χ2n) is 1.87. The summed E-state index contributed by atoms with van der Waals surface area (Å²) in [6.45, 7) is -3.15. The molecular weight excluding hydrogens is 235 g/mol. The predicted octanol–water partition coefficient (Wildman–Crippen LogP) is 3.17. The van der Waals surface area contributed by atoms with E-state index in [4.69, 9.17) is 6.85 Å². The Morgan fingerprint density at radius 3 is 2.75 bits per heavy atom. The minimum atomic E-state index is -4.99. The molecule has 0 N–H and O–H groups in total. The van der Waals surface area contributed by atoms with Gasteiger partial charge in [0.2, 0.25) is 0 Å². The van der Waals surface area contributed by atoms with Gasteiger partial charge in [-0.1, -0.05) is 6.04 Å². The second-order valence-corrected chi connectivity index (χ2v) is 2.63. The molecule has 0 aliphatic heterocycles. The third-order valence-electron chi connectivity index (χ3n) is 1.01. The molecule has 0 unspecified atom stereocenters. The van der Waals surface area contributed by atoms with Crippen LogP contribution in [-0.4, -0.2) is 4.98 Å². The summed E-state index contributed by atoms with van der Waals surface area (Å²) in [6.07, 6.45) is -4.99. The standard InChI is InChI=1S/C7H5BrF3N/c1-4-2-3-5(8)12-6(4)7(9,10)11/h2-3H,1H3/i1D3,2D,3D. The molecule has 0 atom stereocenters. The molecule has 1 heterocycles. The van der Waals surface area contributed by atoms with E-state index in [1.54, 1.807) is 0 Å². The number of nitrogens with zero attached hydrogens (tertiary/aromatic N) is 1. The molecule has 66 valence electrons. The molecule has 0 radical (unpaired) electrons. The monoisotopic (exact) mass is 244 g/mol. The van der Waals surface area contributed by atoms with Crippen LogP contribution in [0.3, 0.4) is 0 Å². The maximum Gasteiger partial charge on any atom is 0.433 e. The van der Waals surface area contributed by atoms with Gasteiger partial charge in [-0.15, -0.1) is 0 Å². The lowest BCUT2D eigenvalue weighted by Gasteiger charge is -2.08. The van der Waals surface area contributed by atoms with Gasteiger partial charge < -0.3 is 0 Å². The van der Waals surface area contributed by atoms with Crippen molar-refractivity contribution >= 4 is 15.9 Å². The fourth-order valence-corrected chi connectivity index (χ4v) is 0.837. The largest absolute Gasteiger partial charge is 0.433 e. The highest BCUT2D eigenvalue weighted by Crippen LogP contribution is 2.30. The molecule has 12 heavy (non-hydrogen) atoms. The van der Waals surface area contributed by atoms with E-state index in [0.717, 1.165) is 0 Å². The Bertz CT molecular complexity index is 456. The average molecular weight is 245 g/mol. The highest BCUT2D eigenvalue weighted by Gasteiger charge is 2.34. The molecule has 0 bridgehead atoms. The Morgan fingerprint density at radius 2 is 2.25 bits per heavy atom. The van der Waals surface area contributed by atoms with Crippen LogP contribution < -0.4 is 0 Å². The van der Waals surface area contributed by atoms with Crippen LogP contribution in [0.5, 0.6) is 0 Å². The van der Waals surface area contributed by atoms with Crippen molar-refractivity contribution in [3.63, 3.8) is 0 Å². The van der Waals surface area contributed by atoms with Crippen molar-refractivity contribution < 1.29 is 20.0 Å². The van der Waals surface area contributed by atoms with Gasteiger partial charge >= 0.3 is 6.18 Å². The highest BCUT2D eigenvalue weighted by atomic mass is 79.9. The summed E-state index contributed by atoms with van der Waals surface area (Å²) in [5.41, 5.74) is -2.91. The number of halogens is 4. The lowest BCUT2D eigenvalue weighted by molar-refractivity contribution is -0.141. The zero-order chi connectivity index (χ0) is 13.6. The lowest BCUT2D eigenvalue weighted by Crippen LogP contribution is -2.10. The van der Waals surface area contributed by atoms with Gasteiger partial charge in [0, 0.05) is 4.11 Å². The van der Waals surface area contributed by atoms with E-state index in [2.05, 4.69) is 20.9 Å². The molecule has 0 saturated heterocycles. The van der Waals surface area contributed by atoms with Gasteiger partial charge in [0.15, 0.2) is 0 Å². The van der Waals surface area contributed by atoms with Crippen molar-refractivity contribution in [2.24, 2.45) is 0 Å². The number of alkyl halides is 3. The first-order valence-electron chi connectivity index (χ1n) is 5.20. The quantitative estimate of drug-likeness (QED) is 0.639. The van der Waals surface area contributed by atoms with Gasteiger partial charge in [0.05, 0.1) is 2.74 Å². The minimum Gasteiger partial charge on any atom is -0.236 e. The van der Waals surface area contributed by atoms with Gasteiger partial charge in [0.25, 0.3) is 0 Å². The van der Waals surface area contributed by atoms with Gasteiger partial charge in [-0.25, -0.2) is 4.98 Å². The Hall–Kier alpha value is -0.580. The van der Waals surface area contributed by atoms with E-state index in [9.17, 15) is 13.2 Å². The van der Waals surface area contributed by atoms with Crippen LogP contribution in [0.25, 0.3) is 0 Å². The molecule has 0 fully saturated rings. The zero-order valence-electron chi connectivity index (χ0n) is 10.5. The van der Waals surface area contributed by atoms with Crippen LogP contribution in [0.2, 0.25) is 0 Å². The molecule has 0 saturated carbocycles. The third kappa shape index (κ3) is 1.97. The number of rotatable bonds is 0. The van der Waals surface area contributed by atoms with Gasteiger partial charge in [0.1, 0.15) is 10.3 Å². The zero-order valence-corrected chi connectivity index (χ0v) is 7.05. The summed E-state index contributed by atoms with van der Waals surface area (Å²) >= 11 is 2.59. The van der Waals surface area contributed by atoms with E-state index in [0.29, 0.717) is 0 Å². The van der Waals surface area contributed by atoms with Crippen molar-refractivity contribution in [1.82, 2.24) is 4.98 Å². The average Bonchev–Trinajstić information content (AvgIpc) is 2.09. The summed E-state index contributed by atoms with van der Waals surface area (Å²) in [5, 5.41) is 0. The minimum absolute atomic E-state index is 0.511. The summed E-state index contributed by atoms with van der Waals surface area (Å²) < 4.78 is 72.7. The summed E-state index contributed by atoms with van der Waals surface area (Å²) in [5.74, 6) is 0. The fourth-order valence-electron chi connectivity index (χ4n) is 0.560. The van der Waals surface area contributed by atoms with Crippen molar-refractivity contribution in [3.05, 3.63) is 27.9 Å².